The highest BCUT2D eigenvalue weighted by Gasteiger charge is 2.18. The molecule has 0 spiro atoms. The van der Waals surface area contributed by atoms with Crippen molar-refractivity contribution in [2.45, 2.75) is 66.5 Å². The molecule has 0 unspecified atom stereocenters. The number of nitrogens with one attached hydrogen (secondary N) is 2. The van der Waals surface area contributed by atoms with Crippen LogP contribution in [-0.2, 0) is 22.5 Å². The first-order chi connectivity index (χ1) is 15.0. The Balaban J connectivity index is 1.67. The van der Waals surface area contributed by atoms with E-state index in [2.05, 4.69) is 25.7 Å². The van der Waals surface area contributed by atoms with Gasteiger partial charge in [-0.3, -0.25) is 4.79 Å². The molecule has 0 atom stereocenters. The Bertz CT molecular complexity index is 1150. The average molecular weight is 439 g/mol. The molecule has 0 aliphatic rings. The minimum atomic E-state index is -0.577. The molecule has 2 N–H and O–H groups in total. The number of fused-ring (bicyclic) bond motifs is 1. The number of hydrogen-bond acceptors (Lipinski definition) is 6. The lowest BCUT2D eigenvalue weighted by Gasteiger charge is -2.19. The molecule has 0 saturated heterocycles. The highest BCUT2D eigenvalue weighted by Crippen LogP contribution is 2.17. The average Bonchev–Trinajstić information content (AvgIpc) is 3.08. The van der Waals surface area contributed by atoms with Crippen molar-refractivity contribution in [1.82, 2.24) is 24.9 Å². The third-order valence-corrected chi connectivity index (χ3v) is 4.79. The second-order valence-electron chi connectivity index (χ2n) is 8.77. The molecule has 1 aromatic carbocycles. The summed E-state index contributed by atoms with van der Waals surface area (Å²) in [5.74, 6) is 0.824. The summed E-state index contributed by atoms with van der Waals surface area (Å²) in [4.78, 5) is 33.2. The van der Waals surface area contributed by atoms with E-state index < -0.39 is 11.7 Å². The van der Waals surface area contributed by atoms with Crippen LogP contribution in [0.15, 0.2) is 24.3 Å². The van der Waals surface area contributed by atoms with E-state index in [9.17, 15) is 9.59 Å². The summed E-state index contributed by atoms with van der Waals surface area (Å²) in [6.45, 7) is 11.3. The van der Waals surface area contributed by atoms with Crippen molar-refractivity contribution in [2.24, 2.45) is 0 Å². The van der Waals surface area contributed by atoms with Gasteiger partial charge >= 0.3 is 6.09 Å². The Kier molecular flexibility index (Phi) is 6.76. The maximum absolute atomic E-state index is 12.4. The van der Waals surface area contributed by atoms with E-state index in [0.29, 0.717) is 24.4 Å². The summed E-state index contributed by atoms with van der Waals surface area (Å²) in [6.07, 6.45) is 0.325. The van der Waals surface area contributed by atoms with E-state index in [1.54, 1.807) is 25.3 Å². The molecule has 0 radical (unpaired) electrons. The second kappa shape index (κ2) is 9.33. The van der Waals surface area contributed by atoms with E-state index in [1.165, 1.54) is 0 Å². The minimum absolute atomic E-state index is 0.0599. The number of aryl methyl sites for hydroxylation is 3. The SMILES string of the molecule is Cc1cccc(NC(=O)CCc2c(C)nc3nc(CNC(=O)OC(C)(C)C)nn3c2C)c1. The van der Waals surface area contributed by atoms with Crippen LogP contribution in [0, 0.1) is 20.8 Å². The fraction of sp³-hybridized carbons (Fsp3) is 0.435. The van der Waals surface area contributed by atoms with Crippen molar-refractivity contribution in [3.8, 4) is 0 Å². The number of carbonyl (C=O) groups is 2. The van der Waals surface area contributed by atoms with Crippen molar-refractivity contribution in [1.29, 1.82) is 0 Å². The van der Waals surface area contributed by atoms with Crippen LogP contribution in [0.4, 0.5) is 10.5 Å². The van der Waals surface area contributed by atoms with Crippen LogP contribution in [0.1, 0.15) is 55.5 Å². The summed E-state index contributed by atoms with van der Waals surface area (Å²) in [5.41, 5.74) is 3.92. The van der Waals surface area contributed by atoms with Gasteiger partial charge in [-0.2, -0.15) is 4.98 Å². The standard InChI is InChI=1S/C23H30N6O3/c1-14-8-7-9-17(12-14)26-20(30)11-10-18-15(2)25-21-27-19(28-29(21)16(18)3)13-24-22(31)32-23(4,5)6/h7-9,12H,10-11,13H2,1-6H3,(H,24,31)(H,26,30). The zero-order valence-electron chi connectivity index (χ0n) is 19.4. The summed E-state index contributed by atoms with van der Waals surface area (Å²) >= 11 is 0. The molecule has 0 aliphatic carbocycles. The summed E-state index contributed by atoms with van der Waals surface area (Å²) in [7, 11) is 0. The Morgan fingerprint density at radius 3 is 2.56 bits per heavy atom. The van der Waals surface area contributed by atoms with Gasteiger partial charge in [0.05, 0.1) is 6.54 Å². The molecule has 0 bridgehead atoms. The molecule has 2 heterocycles. The first-order valence-corrected chi connectivity index (χ1v) is 10.6. The number of rotatable bonds is 6. The zero-order chi connectivity index (χ0) is 23.5. The largest absolute Gasteiger partial charge is 0.444 e. The number of benzene rings is 1. The fourth-order valence-electron chi connectivity index (χ4n) is 3.34. The lowest BCUT2D eigenvalue weighted by molar-refractivity contribution is -0.116. The number of hydrogen-bond donors (Lipinski definition) is 2. The summed E-state index contributed by atoms with van der Waals surface area (Å²) in [6, 6.07) is 7.71. The maximum atomic E-state index is 12.4. The van der Waals surface area contributed by atoms with Gasteiger partial charge in [-0.25, -0.2) is 14.3 Å². The van der Waals surface area contributed by atoms with Gasteiger partial charge in [-0.1, -0.05) is 12.1 Å². The van der Waals surface area contributed by atoms with E-state index >= 15 is 0 Å². The molecular formula is C23H30N6O3. The van der Waals surface area contributed by atoms with Crippen LogP contribution in [0.3, 0.4) is 0 Å². The number of carbonyl (C=O) groups excluding carboxylic acids is 2. The predicted molar refractivity (Wildman–Crippen MR) is 121 cm³/mol. The van der Waals surface area contributed by atoms with Crippen LogP contribution < -0.4 is 10.6 Å². The highest BCUT2D eigenvalue weighted by molar-refractivity contribution is 5.90. The van der Waals surface area contributed by atoms with Gasteiger partial charge in [-0.05, 0) is 71.2 Å². The molecule has 3 rings (SSSR count). The quantitative estimate of drug-likeness (QED) is 0.608. The summed E-state index contributed by atoms with van der Waals surface area (Å²) in [5, 5.41) is 10.0. The van der Waals surface area contributed by atoms with E-state index in [-0.39, 0.29) is 12.5 Å². The van der Waals surface area contributed by atoms with Crippen molar-refractivity contribution in [3.05, 3.63) is 52.6 Å². The Morgan fingerprint density at radius 2 is 1.88 bits per heavy atom. The first-order valence-electron chi connectivity index (χ1n) is 10.6. The number of anilines is 1. The van der Waals surface area contributed by atoms with Gasteiger partial charge < -0.3 is 15.4 Å². The van der Waals surface area contributed by atoms with Crippen LogP contribution in [0.2, 0.25) is 0 Å². The Labute approximate surface area is 187 Å². The molecule has 0 saturated carbocycles. The van der Waals surface area contributed by atoms with Gasteiger partial charge in [-0.15, -0.1) is 5.10 Å². The lowest BCUT2D eigenvalue weighted by Crippen LogP contribution is -2.32. The van der Waals surface area contributed by atoms with E-state index in [4.69, 9.17) is 4.74 Å². The van der Waals surface area contributed by atoms with Crippen LogP contribution in [0.25, 0.3) is 5.78 Å². The summed E-state index contributed by atoms with van der Waals surface area (Å²) < 4.78 is 6.88. The Morgan fingerprint density at radius 1 is 1.12 bits per heavy atom. The lowest BCUT2D eigenvalue weighted by atomic mass is 10.1. The second-order valence-corrected chi connectivity index (χ2v) is 8.77. The number of amides is 2. The van der Waals surface area contributed by atoms with Gasteiger partial charge in [0, 0.05) is 23.5 Å². The maximum Gasteiger partial charge on any atom is 0.408 e. The third-order valence-electron chi connectivity index (χ3n) is 4.79. The molecule has 0 aliphatic heterocycles. The fourth-order valence-corrected chi connectivity index (χ4v) is 3.34. The molecule has 3 aromatic rings. The number of nitrogens with zero attached hydrogens (tertiary/aromatic N) is 4. The van der Waals surface area contributed by atoms with Crippen molar-refractivity contribution in [3.63, 3.8) is 0 Å². The van der Waals surface area contributed by atoms with Crippen molar-refractivity contribution >= 4 is 23.5 Å². The normalized spacial score (nSPS) is 11.4. The number of ether oxygens (including phenoxy) is 1. The monoisotopic (exact) mass is 438 g/mol. The smallest absolute Gasteiger partial charge is 0.408 e. The predicted octanol–water partition coefficient (Wildman–Crippen LogP) is 3.65. The van der Waals surface area contributed by atoms with Crippen molar-refractivity contribution < 1.29 is 14.3 Å². The third kappa shape index (κ3) is 6.03. The Hall–Kier alpha value is -3.49. The van der Waals surface area contributed by atoms with E-state index in [0.717, 1.165) is 28.2 Å². The molecule has 0 fully saturated rings. The molecule has 2 aromatic heterocycles. The molecule has 32 heavy (non-hydrogen) atoms. The van der Waals surface area contributed by atoms with Crippen molar-refractivity contribution in [2.75, 3.05) is 5.32 Å². The molecule has 170 valence electrons. The zero-order valence-corrected chi connectivity index (χ0v) is 19.4. The van der Waals surface area contributed by atoms with E-state index in [1.807, 2.05) is 45.0 Å². The van der Waals surface area contributed by atoms with Gasteiger partial charge in [0.2, 0.25) is 5.91 Å². The molecule has 9 heteroatoms. The van der Waals surface area contributed by atoms with Gasteiger partial charge in [0.1, 0.15) is 5.60 Å². The topological polar surface area (TPSA) is 111 Å². The van der Waals surface area contributed by atoms with Crippen LogP contribution >= 0.6 is 0 Å². The number of alkyl carbamates (subject to hydrolysis) is 1. The van der Waals surface area contributed by atoms with Crippen LogP contribution in [-0.4, -0.2) is 37.2 Å². The van der Waals surface area contributed by atoms with Gasteiger partial charge in [0.15, 0.2) is 5.82 Å². The minimum Gasteiger partial charge on any atom is -0.444 e. The number of aromatic nitrogens is 4. The van der Waals surface area contributed by atoms with Gasteiger partial charge in [0.25, 0.3) is 5.78 Å². The molecular weight excluding hydrogens is 408 g/mol. The molecule has 2 amide bonds. The first kappa shape index (κ1) is 23.2. The molecule has 9 nitrogen and oxygen atoms in total. The van der Waals surface area contributed by atoms with Crippen LogP contribution in [0.5, 0.6) is 0 Å². The highest BCUT2D eigenvalue weighted by atomic mass is 16.6.